The number of benzene rings is 1. The number of ether oxygens (including phenoxy) is 2. The van der Waals surface area contributed by atoms with E-state index in [0.717, 1.165) is 49.0 Å². The lowest BCUT2D eigenvalue weighted by Crippen LogP contribution is -2.30. The number of fused-ring (bicyclic) bond motifs is 1. The first-order valence-corrected chi connectivity index (χ1v) is 11.2. The lowest BCUT2D eigenvalue weighted by atomic mass is 9.89. The van der Waals surface area contributed by atoms with Gasteiger partial charge in [0.05, 0.1) is 27.4 Å². The van der Waals surface area contributed by atoms with Gasteiger partial charge < -0.3 is 14.0 Å². The molecule has 0 radical (unpaired) electrons. The van der Waals surface area contributed by atoms with E-state index in [0.29, 0.717) is 19.3 Å². The summed E-state index contributed by atoms with van der Waals surface area (Å²) >= 11 is 0. The van der Waals surface area contributed by atoms with Gasteiger partial charge in [-0.25, -0.2) is 4.57 Å². The van der Waals surface area contributed by atoms with Crippen LogP contribution in [0.25, 0.3) is 0 Å². The van der Waals surface area contributed by atoms with Crippen LogP contribution in [0.5, 0.6) is 11.5 Å². The minimum atomic E-state index is -3.32. The average Bonchev–Trinajstić information content (AvgIpc) is 3.09. The molecule has 3 aliphatic rings. The standard InChI is InChI=1S/C12H20NO4P.C8H10O2.2H2/c1-13-6-5-10-3-4-11(9-12(10)13)17-18(14)15-7-2-8-16-18;1-9-7-5-3-4-6-8(7)10-2;;/h9-10,12H,2-8H2,1H3;3-6H,1-2H3;2*1H. The highest BCUT2D eigenvalue weighted by Gasteiger charge is 2.37. The Morgan fingerprint density at radius 1 is 1.11 bits per heavy atom. The molecule has 2 unspecified atom stereocenters. The molecule has 0 aromatic heterocycles. The molecule has 0 amide bonds. The van der Waals surface area contributed by atoms with Crippen LogP contribution in [0, 0.1) is 5.92 Å². The van der Waals surface area contributed by atoms with Crippen LogP contribution < -0.4 is 9.47 Å². The summed E-state index contributed by atoms with van der Waals surface area (Å²) in [5.41, 5.74) is 0. The quantitative estimate of drug-likeness (QED) is 0.658. The lowest BCUT2D eigenvalue weighted by molar-refractivity contribution is 0.0870. The van der Waals surface area contributed by atoms with Gasteiger partial charge >= 0.3 is 7.82 Å². The largest absolute Gasteiger partial charge is 0.529 e. The molecular formula is C20H34NO6P. The molecule has 28 heavy (non-hydrogen) atoms. The minimum absolute atomic E-state index is 0. The fourth-order valence-electron chi connectivity index (χ4n) is 3.74. The SMILES string of the molecule is CN1CCC2CCC(OP3(=O)OCCCO3)=CC21.COc1ccccc1OC.[HH].[HH]. The van der Waals surface area contributed by atoms with Crippen molar-refractivity contribution in [2.24, 2.45) is 5.92 Å². The smallest absolute Gasteiger partial charge is 0.493 e. The normalized spacial score (nSPS) is 26.3. The van der Waals surface area contributed by atoms with Gasteiger partial charge in [-0.3, -0.25) is 13.9 Å². The average molecular weight is 415 g/mol. The number of likely N-dealkylation sites (N-methyl/N-ethyl adjacent to an activating group) is 1. The van der Waals surface area contributed by atoms with Crippen molar-refractivity contribution in [2.45, 2.75) is 31.7 Å². The van der Waals surface area contributed by atoms with E-state index in [1.54, 1.807) is 14.2 Å². The number of likely N-dealkylation sites (tertiary alicyclic amines) is 1. The molecule has 2 fully saturated rings. The highest BCUT2D eigenvalue weighted by atomic mass is 31.2. The second-order valence-electron chi connectivity index (χ2n) is 7.11. The van der Waals surface area contributed by atoms with Gasteiger partial charge in [0.15, 0.2) is 11.5 Å². The first-order valence-electron chi connectivity index (χ1n) is 9.71. The number of methoxy groups -OCH3 is 2. The maximum absolute atomic E-state index is 12.2. The highest BCUT2D eigenvalue weighted by molar-refractivity contribution is 7.48. The number of nitrogens with zero attached hydrogens (tertiary/aromatic N) is 1. The number of allylic oxidation sites excluding steroid dienone is 1. The topological polar surface area (TPSA) is 66.5 Å². The Balaban J connectivity index is 0.000000325. The monoisotopic (exact) mass is 415 g/mol. The zero-order valence-electron chi connectivity index (χ0n) is 16.8. The molecule has 2 atom stereocenters. The van der Waals surface area contributed by atoms with E-state index in [9.17, 15) is 4.57 Å². The van der Waals surface area contributed by atoms with E-state index in [1.165, 1.54) is 6.42 Å². The fourth-order valence-corrected chi connectivity index (χ4v) is 5.06. The molecule has 0 spiro atoms. The number of hydrogen-bond donors (Lipinski definition) is 0. The van der Waals surface area contributed by atoms with Gasteiger partial charge in [0.1, 0.15) is 5.76 Å². The maximum atomic E-state index is 12.2. The summed E-state index contributed by atoms with van der Waals surface area (Å²) in [7, 11) is 2.05. The summed E-state index contributed by atoms with van der Waals surface area (Å²) in [5, 5.41) is 0. The summed E-state index contributed by atoms with van der Waals surface area (Å²) in [6, 6.07) is 7.95. The molecule has 2 heterocycles. The van der Waals surface area contributed by atoms with Gasteiger partial charge in [-0.1, -0.05) is 12.1 Å². The van der Waals surface area contributed by atoms with Crippen LogP contribution in [0.4, 0.5) is 0 Å². The van der Waals surface area contributed by atoms with Crippen molar-refractivity contribution in [3.63, 3.8) is 0 Å². The Labute approximate surface area is 170 Å². The summed E-state index contributed by atoms with van der Waals surface area (Å²) in [5.74, 6) is 3.03. The van der Waals surface area contributed by atoms with E-state index >= 15 is 0 Å². The first kappa shape index (κ1) is 21.2. The van der Waals surface area contributed by atoms with Crippen molar-refractivity contribution < 1.29 is 30.5 Å². The Bertz CT molecular complexity index is 702. The van der Waals surface area contributed by atoms with Gasteiger partial charge in [0.2, 0.25) is 0 Å². The molecule has 8 heteroatoms. The molecule has 1 aromatic carbocycles. The van der Waals surface area contributed by atoms with Crippen LogP contribution >= 0.6 is 7.82 Å². The molecule has 2 saturated heterocycles. The van der Waals surface area contributed by atoms with Gasteiger partial charge in [-0.05, 0) is 57.0 Å². The molecule has 0 N–H and O–H groups in total. The Morgan fingerprint density at radius 3 is 2.36 bits per heavy atom. The molecule has 1 aliphatic carbocycles. The molecular weight excluding hydrogens is 381 g/mol. The van der Waals surface area contributed by atoms with E-state index in [4.69, 9.17) is 23.0 Å². The van der Waals surface area contributed by atoms with Crippen molar-refractivity contribution >= 4 is 7.82 Å². The van der Waals surface area contributed by atoms with E-state index < -0.39 is 7.82 Å². The third kappa shape index (κ3) is 5.29. The molecule has 2 aliphatic heterocycles. The molecule has 1 aromatic rings. The van der Waals surface area contributed by atoms with E-state index in [2.05, 4.69) is 18.0 Å². The number of hydrogen-bond acceptors (Lipinski definition) is 7. The number of phosphoric ester groups is 1. The highest BCUT2D eigenvalue weighted by Crippen LogP contribution is 2.54. The van der Waals surface area contributed by atoms with Crippen LogP contribution in [-0.2, 0) is 18.1 Å². The Morgan fingerprint density at radius 2 is 1.75 bits per heavy atom. The number of rotatable bonds is 4. The summed E-state index contributed by atoms with van der Waals surface area (Å²) in [6.45, 7) is 2.04. The predicted molar refractivity (Wildman–Crippen MR) is 111 cm³/mol. The van der Waals surface area contributed by atoms with Crippen LogP contribution in [0.15, 0.2) is 36.1 Å². The lowest BCUT2D eigenvalue weighted by Gasteiger charge is -2.30. The van der Waals surface area contributed by atoms with Crippen molar-refractivity contribution in [2.75, 3.05) is 41.0 Å². The number of phosphoric acid groups is 1. The second-order valence-corrected chi connectivity index (χ2v) is 8.70. The zero-order chi connectivity index (χ0) is 20.0. The fraction of sp³-hybridized carbons (Fsp3) is 0.600. The van der Waals surface area contributed by atoms with Crippen molar-refractivity contribution in [1.29, 1.82) is 0 Å². The molecule has 7 nitrogen and oxygen atoms in total. The molecule has 4 rings (SSSR count). The van der Waals surface area contributed by atoms with Crippen molar-refractivity contribution in [3.8, 4) is 11.5 Å². The zero-order valence-corrected chi connectivity index (χ0v) is 17.7. The van der Waals surface area contributed by atoms with Crippen molar-refractivity contribution in [1.82, 2.24) is 4.90 Å². The van der Waals surface area contributed by atoms with Crippen LogP contribution in [0.3, 0.4) is 0 Å². The van der Waals surface area contributed by atoms with E-state index in [1.807, 2.05) is 24.3 Å². The third-order valence-electron chi connectivity index (χ3n) is 5.27. The van der Waals surface area contributed by atoms with Gasteiger partial charge in [0.25, 0.3) is 0 Å². The second kappa shape index (κ2) is 9.79. The minimum Gasteiger partial charge on any atom is -0.493 e. The summed E-state index contributed by atoms with van der Waals surface area (Å²) in [6.07, 6.45) is 6.06. The Hall–Kier alpha value is -1.53. The van der Waals surface area contributed by atoms with Crippen LogP contribution in [0.1, 0.15) is 28.5 Å². The molecule has 0 bridgehead atoms. The maximum Gasteiger partial charge on any atom is 0.529 e. The van der Waals surface area contributed by atoms with Crippen LogP contribution in [0.2, 0.25) is 0 Å². The summed E-state index contributed by atoms with van der Waals surface area (Å²) < 4.78 is 38.0. The van der Waals surface area contributed by atoms with Gasteiger partial charge in [-0.2, -0.15) is 0 Å². The predicted octanol–water partition coefficient (Wildman–Crippen LogP) is 4.74. The number of para-hydroxylation sites is 2. The first-order chi connectivity index (χ1) is 13.5. The third-order valence-corrected chi connectivity index (χ3v) is 6.72. The van der Waals surface area contributed by atoms with Crippen LogP contribution in [-0.4, -0.2) is 52.0 Å². The van der Waals surface area contributed by atoms with Gasteiger partial charge in [0, 0.05) is 15.3 Å². The molecule has 160 valence electrons. The van der Waals surface area contributed by atoms with Gasteiger partial charge in [-0.15, -0.1) is 0 Å². The van der Waals surface area contributed by atoms with Crippen molar-refractivity contribution in [3.05, 3.63) is 36.1 Å². The Kier molecular flexibility index (Phi) is 7.41. The molecule has 0 saturated carbocycles. The summed E-state index contributed by atoms with van der Waals surface area (Å²) in [4.78, 5) is 2.33. The van der Waals surface area contributed by atoms with E-state index in [-0.39, 0.29) is 2.85 Å².